The van der Waals surface area contributed by atoms with Crippen molar-refractivity contribution >= 4 is 73.0 Å². The van der Waals surface area contributed by atoms with E-state index in [0.29, 0.717) is 30.3 Å². The Morgan fingerprint density at radius 2 is 1.94 bits per heavy atom. The second kappa shape index (κ2) is 11.8. The number of aromatic nitrogens is 1. The Bertz CT molecular complexity index is 1440. The van der Waals surface area contributed by atoms with Gasteiger partial charge in [0.25, 0.3) is 5.91 Å². The van der Waals surface area contributed by atoms with E-state index < -0.39 is 5.91 Å². The fourth-order valence-electron chi connectivity index (χ4n) is 3.63. The molecule has 5 nitrogen and oxygen atoms in total. The van der Waals surface area contributed by atoms with Gasteiger partial charge in [-0.2, -0.15) is 5.26 Å². The van der Waals surface area contributed by atoms with Crippen LogP contribution >= 0.6 is 50.1 Å². The molecule has 1 heterocycles. The largest absolute Gasteiger partial charge is 0.487 e. The lowest BCUT2D eigenvalue weighted by molar-refractivity contribution is -0.117. The molecule has 4 aromatic rings. The molecule has 4 rings (SSSR count). The summed E-state index contributed by atoms with van der Waals surface area (Å²) in [6.45, 7) is 0.751. The summed E-state index contributed by atoms with van der Waals surface area (Å²) in [5.41, 5.74) is 3.82. The molecule has 0 bridgehead atoms. The molecular weight excluding hydrogens is 641 g/mol. The van der Waals surface area contributed by atoms with Gasteiger partial charge in [0.1, 0.15) is 24.0 Å². The molecular formula is C27H20BrClIN3O2. The van der Waals surface area contributed by atoms with Crippen molar-refractivity contribution in [1.82, 2.24) is 10.3 Å². The van der Waals surface area contributed by atoms with Gasteiger partial charge in [0.15, 0.2) is 0 Å². The van der Waals surface area contributed by atoms with Gasteiger partial charge in [0.05, 0.1) is 8.04 Å². The maximum Gasteiger partial charge on any atom is 0.261 e. The number of nitrogens with zero attached hydrogens (tertiary/aromatic N) is 1. The van der Waals surface area contributed by atoms with E-state index in [0.717, 1.165) is 35.6 Å². The molecule has 1 amide bonds. The molecule has 3 aromatic carbocycles. The number of hydrogen-bond acceptors (Lipinski definition) is 3. The Hall–Kier alpha value is -2.80. The molecule has 0 radical (unpaired) electrons. The van der Waals surface area contributed by atoms with Crippen LogP contribution in [-0.2, 0) is 17.8 Å². The lowest BCUT2D eigenvalue weighted by atomic mass is 10.1. The van der Waals surface area contributed by atoms with Crippen LogP contribution in [0, 0.1) is 14.9 Å². The number of amides is 1. The number of carbonyl (C=O) groups is 1. The number of rotatable bonds is 8. The Morgan fingerprint density at radius 1 is 1.17 bits per heavy atom. The SMILES string of the molecule is N#C/C(=C/c1cc(Br)c(OCc2ccccc2Cl)c(I)c1)C(=O)NCCc1c[nH]c2ccccc12. The molecule has 0 atom stereocenters. The summed E-state index contributed by atoms with van der Waals surface area (Å²) in [7, 11) is 0. The molecule has 0 spiro atoms. The average Bonchev–Trinajstić information content (AvgIpc) is 3.26. The summed E-state index contributed by atoms with van der Waals surface area (Å²) >= 11 is 11.9. The van der Waals surface area contributed by atoms with Crippen LogP contribution in [0.2, 0.25) is 5.02 Å². The van der Waals surface area contributed by atoms with Crippen molar-refractivity contribution < 1.29 is 9.53 Å². The van der Waals surface area contributed by atoms with Crippen molar-refractivity contribution in [1.29, 1.82) is 5.26 Å². The Morgan fingerprint density at radius 3 is 2.71 bits per heavy atom. The smallest absolute Gasteiger partial charge is 0.261 e. The zero-order valence-electron chi connectivity index (χ0n) is 18.4. The monoisotopic (exact) mass is 659 g/mol. The normalized spacial score (nSPS) is 11.3. The summed E-state index contributed by atoms with van der Waals surface area (Å²) < 4.78 is 7.54. The second-order valence-electron chi connectivity index (χ2n) is 7.73. The van der Waals surface area contributed by atoms with Gasteiger partial charge in [-0.1, -0.05) is 48.0 Å². The van der Waals surface area contributed by atoms with Crippen molar-refractivity contribution in [2.24, 2.45) is 0 Å². The highest BCUT2D eigenvalue weighted by molar-refractivity contribution is 14.1. The van der Waals surface area contributed by atoms with Crippen LogP contribution in [0.3, 0.4) is 0 Å². The first kappa shape index (κ1) is 25.3. The number of H-pyrrole nitrogens is 1. The standard InChI is InChI=1S/C27H20BrClIN3O2/c28-22-12-17(13-24(30)26(22)35-16-19-5-1-3-7-23(19)29)11-20(14-31)27(34)32-10-9-18-15-33-25-8-4-2-6-21(18)25/h1-8,11-13,15,33H,9-10,16H2,(H,32,34)/b20-11-. The Labute approximate surface area is 230 Å². The third-order valence-electron chi connectivity index (χ3n) is 5.38. The van der Waals surface area contributed by atoms with Crippen LogP contribution in [0.4, 0.5) is 0 Å². The summed E-state index contributed by atoms with van der Waals surface area (Å²) in [5, 5.41) is 14.2. The maximum atomic E-state index is 12.6. The number of fused-ring (bicyclic) bond motifs is 1. The van der Waals surface area contributed by atoms with Gasteiger partial charge in [-0.05, 0) is 86.4 Å². The van der Waals surface area contributed by atoms with Crippen molar-refractivity contribution in [3.8, 4) is 11.8 Å². The molecule has 176 valence electrons. The van der Waals surface area contributed by atoms with E-state index in [1.54, 1.807) is 6.08 Å². The zero-order valence-corrected chi connectivity index (χ0v) is 22.9. The fraction of sp³-hybridized carbons (Fsp3) is 0.111. The first-order valence-corrected chi connectivity index (χ1v) is 13.0. The minimum absolute atomic E-state index is 0.0383. The van der Waals surface area contributed by atoms with E-state index in [2.05, 4.69) is 48.8 Å². The number of para-hydroxylation sites is 1. The number of nitriles is 1. The van der Waals surface area contributed by atoms with Crippen LogP contribution in [0.15, 0.2) is 76.9 Å². The van der Waals surface area contributed by atoms with Crippen molar-refractivity contribution in [3.63, 3.8) is 0 Å². The number of aromatic amines is 1. The topological polar surface area (TPSA) is 77.9 Å². The highest BCUT2D eigenvalue weighted by atomic mass is 127. The highest BCUT2D eigenvalue weighted by Crippen LogP contribution is 2.34. The number of hydrogen-bond donors (Lipinski definition) is 2. The Kier molecular flexibility index (Phi) is 8.50. The summed E-state index contributed by atoms with van der Waals surface area (Å²) in [4.78, 5) is 15.9. The van der Waals surface area contributed by atoms with Gasteiger partial charge >= 0.3 is 0 Å². The first-order valence-electron chi connectivity index (χ1n) is 10.8. The molecule has 2 N–H and O–H groups in total. The summed E-state index contributed by atoms with van der Waals surface area (Å²) in [6, 6.07) is 21.2. The molecule has 8 heteroatoms. The van der Waals surface area contributed by atoms with Gasteiger partial charge in [-0.15, -0.1) is 0 Å². The number of halogens is 3. The third-order valence-corrected chi connectivity index (χ3v) is 7.14. The van der Waals surface area contributed by atoms with E-state index in [-0.39, 0.29) is 5.57 Å². The summed E-state index contributed by atoms with van der Waals surface area (Å²) in [5.74, 6) is 0.266. The Balaban J connectivity index is 1.41. The van der Waals surface area contributed by atoms with Crippen molar-refractivity contribution in [2.45, 2.75) is 13.0 Å². The number of benzene rings is 3. The molecule has 1 aromatic heterocycles. The van der Waals surface area contributed by atoms with Crippen molar-refractivity contribution in [2.75, 3.05) is 6.54 Å². The number of ether oxygens (including phenoxy) is 1. The van der Waals surface area contributed by atoms with Crippen LogP contribution in [0.1, 0.15) is 16.7 Å². The van der Waals surface area contributed by atoms with Crippen LogP contribution in [0.25, 0.3) is 17.0 Å². The van der Waals surface area contributed by atoms with Gasteiger partial charge in [-0.25, -0.2) is 0 Å². The van der Waals surface area contributed by atoms with Crippen LogP contribution < -0.4 is 10.1 Å². The van der Waals surface area contributed by atoms with Gasteiger partial charge in [-0.3, -0.25) is 4.79 Å². The maximum absolute atomic E-state index is 12.6. The predicted molar refractivity (Wildman–Crippen MR) is 151 cm³/mol. The minimum Gasteiger partial charge on any atom is -0.487 e. The molecule has 0 fully saturated rings. The second-order valence-corrected chi connectivity index (χ2v) is 10.2. The quantitative estimate of drug-likeness (QED) is 0.121. The summed E-state index contributed by atoms with van der Waals surface area (Å²) in [6.07, 6.45) is 4.19. The molecule has 0 aliphatic rings. The zero-order chi connectivity index (χ0) is 24.8. The first-order chi connectivity index (χ1) is 17.0. The van der Waals surface area contributed by atoms with Gasteiger partial charge in [0, 0.05) is 34.2 Å². The predicted octanol–water partition coefficient (Wildman–Crippen LogP) is 7.03. The third kappa shape index (κ3) is 6.26. The number of carbonyl (C=O) groups excluding carboxylic acids is 1. The van der Waals surface area contributed by atoms with E-state index in [1.807, 2.05) is 72.9 Å². The van der Waals surface area contributed by atoms with Gasteiger partial charge < -0.3 is 15.0 Å². The minimum atomic E-state index is -0.405. The lowest BCUT2D eigenvalue weighted by Gasteiger charge is -2.12. The molecule has 0 saturated carbocycles. The fourth-order valence-corrected chi connectivity index (χ4v) is 5.58. The van der Waals surface area contributed by atoms with Crippen molar-refractivity contribution in [3.05, 3.63) is 102 Å². The molecule has 0 saturated heterocycles. The molecule has 0 aliphatic heterocycles. The average molecular weight is 661 g/mol. The lowest BCUT2D eigenvalue weighted by Crippen LogP contribution is -2.26. The number of nitrogens with one attached hydrogen (secondary N) is 2. The molecule has 0 unspecified atom stereocenters. The van der Waals surface area contributed by atoms with E-state index in [1.165, 1.54) is 0 Å². The molecule has 35 heavy (non-hydrogen) atoms. The van der Waals surface area contributed by atoms with E-state index in [4.69, 9.17) is 16.3 Å². The van der Waals surface area contributed by atoms with E-state index >= 15 is 0 Å². The van der Waals surface area contributed by atoms with E-state index in [9.17, 15) is 10.1 Å². The molecule has 0 aliphatic carbocycles. The van der Waals surface area contributed by atoms with Crippen LogP contribution in [-0.4, -0.2) is 17.4 Å². The highest BCUT2D eigenvalue weighted by Gasteiger charge is 2.13. The van der Waals surface area contributed by atoms with Crippen LogP contribution in [0.5, 0.6) is 5.75 Å². The van der Waals surface area contributed by atoms with Gasteiger partial charge in [0.2, 0.25) is 0 Å².